The highest BCUT2D eigenvalue weighted by Gasteiger charge is 2.25. The van der Waals surface area contributed by atoms with E-state index in [2.05, 4.69) is 13.8 Å². The summed E-state index contributed by atoms with van der Waals surface area (Å²) < 4.78 is 0. The Balaban J connectivity index is 2.45. The van der Waals surface area contributed by atoms with Crippen molar-refractivity contribution in [3.63, 3.8) is 0 Å². The van der Waals surface area contributed by atoms with Crippen LogP contribution in [0.15, 0.2) is 0 Å². The van der Waals surface area contributed by atoms with E-state index in [1.807, 2.05) is 6.92 Å². The zero-order valence-corrected chi connectivity index (χ0v) is 9.34. The van der Waals surface area contributed by atoms with Crippen LogP contribution in [0.25, 0.3) is 0 Å². The molecule has 0 aromatic rings. The molecule has 1 aliphatic carbocycles. The maximum Gasteiger partial charge on any atom is 0.0619 e. The minimum absolute atomic E-state index is 0.381. The molecule has 2 atom stereocenters. The quantitative estimate of drug-likeness (QED) is 0.662. The van der Waals surface area contributed by atoms with Gasteiger partial charge in [-0.25, -0.2) is 0 Å². The Morgan fingerprint density at radius 2 is 1.85 bits per heavy atom. The molecule has 0 saturated heterocycles. The zero-order chi connectivity index (χ0) is 9.90. The van der Waals surface area contributed by atoms with Gasteiger partial charge in [0.1, 0.15) is 0 Å². The van der Waals surface area contributed by atoms with Crippen molar-refractivity contribution >= 4 is 0 Å². The van der Waals surface area contributed by atoms with Crippen molar-refractivity contribution < 1.29 is 5.11 Å². The molecule has 1 nitrogen and oxygen atoms in total. The van der Waals surface area contributed by atoms with Gasteiger partial charge in [0.25, 0.3) is 0 Å². The highest BCUT2D eigenvalue weighted by Crippen LogP contribution is 2.32. The molecule has 0 heterocycles. The summed E-state index contributed by atoms with van der Waals surface area (Å²) in [4.78, 5) is 0. The van der Waals surface area contributed by atoms with Crippen molar-refractivity contribution in [1.29, 1.82) is 0 Å². The molecule has 1 saturated carbocycles. The Bertz CT molecular complexity index is 149. The predicted molar refractivity (Wildman–Crippen MR) is 56.7 cm³/mol. The normalized spacial score (nSPS) is 37.2. The van der Waals surface area contributed by atoms with Crippen LogP contribution in [0, 0.1) is 11.8 Å². The average molecular weight is 184 g/mol. The monoisotopic (exact) mass is 184 g/mol. The molecule has 78 valence electrons. The SMILES string of the molecule is CC(C)C1CCCCC(C)(O)CC1. The maximum absolute atomic E-state index is 9.98. The van der Waals surface area contributed by atoms with Crippen LogP contribution < -0.4 is 0 Å². The molecule has 0 radical (unpaired) electrons. The Hall–Kier alpha value is -0.0400. The highest BCUT2D eigenvalue weighted by atomic mass is 16.3. The molecular weight excluding hydrogens is 160 g/mol. The lowest BCUT2D eigenvalue weighted by Gasteiger charge is -2.30. The van der Waals surface area contributed by atoms with E-state index in [0.717, 1.165) is 24.7 Å². The Labute approximate surface area is 82.5 Å². The Morgan fingerprint density at radius 3 is 2.46 bits per heavy atom. The van der Waals surface area contributed by atoms with E-state index in [9.17, 15) is 5.11 Å². The molecule has 1 rings (SSSR count). The van der Waals surface area contributed by atoms with Gasteiger partial charge in [-0.3, -0.25) is 0 Å². The Kier molecular flexibility index (Phi) is 3.78. The van der Waals surface area contributed by atoms with Gasteiger partial charge in [-0.15, -0.1) is 0 Å². The lowest BCUT2D eigenvalue weighted by atomic mass is 9.79. The van der Waals surface area contributed by atoms with E-state index in [1.165, 1.54) is 25.7 Å². The molecule has 0 bridgehead atoms. The van der Waals surface area contributed by atoms with Crippen molar-refractivity contribution in [3.8, 4) is 0 Å². The molecule has 0 amide bonds. The summed E-state index contributed by atoms with van der Waals surface area (Å²) >= 11 is 0. The van der Waals surface area contributed by atoms with Crippen LogP contribution in [-0.4, -0.2) is 10.7 Å². The minimum atomic E-state index is -0.381. The summed E-state index contributed by atoms with van der Waals surface area (Å²) in [5.41, 5.74) is -0.381. The van der Waals surface area contributed by atoms with Crippen LogP contribution in [-0.2, 0) is 0 Å². The van der Waals surface area contributed by atoms with Crippen LogP contribution in [0.5, 0.6) is 0 Å². The van der Waals surface area contributed by atoms with E-state index < -0.39 is 0 Å². The van der Waals surface area contributed by atoms with Gasteiger partial charge in [0.2, 0.25) is 0 Å². The van der Waals surface area contributed by atoms with Crippen LogP contribution in [0.2, 0.25) is 0 Å². The van der Waals surface area contributed by atoms with Gasteiger partial charge < -0.3 is 5.11 Å². The van der Waals surface area contributed by atoms with Crippen molar-refractivity contribution in [1.82, 2.24) is 0 Å². The average Bonchev–Trinajstić information content (AvgIpc) is 1.98. The van der Waals surface area contributed by atoms with Crippen molar-refractivity contribution in [2.24, 2.45) is 11.8 Å². The lowest BCUT2D eigenvalue weighted by molar-refractivity contribution is 0.0231. The summed E-state index contributed by atoms with van der Waals surface area (Å²) in [6, 6.07) is 0. The standard InChI is InChI=1S/C12H24O/c1-10(2)11-6-4-5-8-12(3,13)9-7-11/h10-11,13H,4-9H2,1-3H3. The first-order valence-electron chi connectivity index (χ1n) is 5.74. The molecule has 2 unspecified atom stereocenters. The topological polar surface area (TPSA) is 20.2 Å². The van der Waals surface area contributed by atoms with Crippen molar-refractivity contribution in [3.05, 3.63) is 0 Å². The molecule has 1 fully saturated rings. The third-order valence-corrected chi connectivity index (χ3v) is 3.54. The zero-order valence-electron chi connectivity index (χ0n) is 9.34. The van der Waals surface area contributed by atoms with Crippen LogP contribution >= 0.6 is 0 Å². The second-order valence-corrected chi connectivity index (χ2v) is 5.29. The number of aliphatic hydroxyl groups is 1. The van der Waals surface area contributed by atoms with Gasteiger partial charge in [-0.2, -0.15) is 0 Å². The second kappa shape index (κ2) is 4.45. The largest absolute Gasteiger partial charge is 0.390 e. The molecule has 13 heavy (non-hydrogen) atoms. The highest BCUT2D eigenvalue weighted by molar-refractivity contribution is 4.78. The van der Waals surface area contributed by atoms with Gasteiger partial charge in [0.05, 0.1) is 5.60 Å². The Morgan fingerprint density at radius 1 is 1.15 bits per heavy atom. The van der Waals surface area contributed by atoms with E-state index in [1.54, 1.807) is 0 Å². The van der Waals surface area contributed by atoms with E-state index >= 15 is 0 Å². The van der Waals surface area contributed by atoms with Gasteiger partial charge in [-0.05, 0) is 38.0 Å². The summed E-state index contributed by atoms with van der Waals surface area (Å²) in [5.74, 6) is 1.63. The first-order valence-corrected chi connectivity index (χ1v) is 5.74. The van der Waals surface area contributed by atoms with Crippen LogP contribution in [0.3, 0.4) is 0 Å². The smallest absolute Gasteiger partial charge is 0.0619 e. The molecule has 0 aliphatic heterocycles. The van der Waals surface area contributed by atoms with Crippen LogP contribution in [0.1, 0.15) is 59.3 Å². The maximum atomic E-state index is 9.98. The molecule has 1 aliphatic rings. The molecule has 1 N–H and O–H groups in total. The fourth-order valence-corrected chi connectivity index (χ4v) is 2.34. The summed E-state index contributed by atoms with van der Waals surface area (Å²) in [6.07, 6.45) is 7.08. The summed E-state index contributed by atoms with van der Waals surface area (Å²) in [6.45, 7) is 6.61. The van der Waals surface area contributed by atoms with Gasteiger partial charge in [-0.1, -0.05) is 33.1 Å². The minimum Gasteiger partial charge on any atom is -0.390 e. The van der Waals surface area contributed by atoms with Crippen LogP contribution in [0.4, 0.5) is 0 Å². The van der Waals surface area contributed by atoms with E-state index in [0.29, 0.717) is 0 Å². The molecule has 1 heteroatoms. The van der Waals surface area contributed by atoms with Crippen molar-refractivity contribution in [2.75, 3.05) is 0 Å². The fraction of sp³-hybridized carbons (Fsp3) is 1.00. The number of hydrogen-bond donors (Lipinski definition) is 1. The van der Waals surface area contributed by atoms with E-state index in [-0.39, 0.29) is 5.60 Å². The lowest BCUT2D eigenvalue weighted by Crippen LogP contribution is -2.27. The van der Waals surface area contributed by atoms with Crippen molar-refractivity contribution in [2.45, 2.75) is 64.9 Å². The molecular formula is C12H24O. The second-order valence-electron chi connectivity index (χ2n) is 5.29. The fourth-order valence-electron chi connectivity index (χ4n) is 2.34. The van der Waals surface area contributed by atoms with Gasteiger partial charge >= 0.3 is 0 Å². The van der Waals surface area contributed by atoms with Gasteiger partial charge in [0.15, 0.2) is 0 Å². The first-order chi connectivity index (χ1) is 6.01. The summed E-state index contributed by atoms with van der Waals surface area (Å²) in [5, 5.41) is 9.98. The van der Waals surface area contributed by atoms with E-state index in [4.69, 9.17) is 0 Å². The number of hydrogen-bond acceptors (Lipinski definition) is 1. The first kappa shape index (κ1) is 11.0. The predicted octanol–water partition coefficient (Wildman–Crippen LogP) is 3.36. The molecule has 0 aromatic carbocycles. The molecule has 0 spiro atoms. The third-order valence-electron chi connectivity index (χ3n) is 3.54. The third kappa shape index (κ3) is 3.68. The number of rotatable bonds is 1. The summed E-state index contributed by atoms with van der Waals surface area (Å²) in [7, 11) is 0. The molecule has 0 aromatic heterocycles. The van der Waals surface area contributed by atoms with Gasteiger partial charge in [0, 0.05) is 0 Å².